The topological polar surface area (TPSA) is 95.9 Å². The molecule has 1 unspecified atom stereocenters. The van der Waals surface area contributed by atoms with Crippen LogP contribution < -0.4 is 10.2 Å². The van der Waals surface area contributed by atoms with Crippen molar-refractivity contribution in [2.24, 2.45) is 0 Å². The fourth-order valence-corrected chi connectivity index (χ4v) is 6.16. The Balaban J connectivity index is 1.49. The number of piperidine rings is 1. The molecule has 4 rings (SSSR count). The molecule has 1 fully saturated rings. The van der Waals surface area contributed by atoms with Gasteiger partial charge >= 0.3 is 12.8 Å². The van der Waals surface area contributed by atoms with E-state index < -0.39 is 52.8 Å². The lowest BCUT2D eigenvalue weighted by Gasteiger charge is -2.41. The number of carbonyl (C=O) groups excluding carboxylic acids is 1. The molecule has 1 amide bonds. The summed E-state index contributed by atoms with van der Waals surface area (Å²) in [4.78, 5) is 15.0. The molecule has 3 aromatic rings. The van der Waals surface area contributed by atoms with Gasteiger partial charge < -0.3 is 20.1 Å². The minimum Gasteiger partial charge on any atom is -0.394 e. The lowest BCUT2D eigenvalue weighted by molar-refractivity contribution is -0.137. The van der Waals surface area contributed by atoms with Gasteiger partial charge in [0.05, 0.1) is 41.5 Å². The Morgan fingerprint density at radius 2 is 1.64 bits per heavy atom. The predicted molar refractivity (Wildman–Crippen MR) is 154 cm³/mol. The number of sulfone groups is 1. The summed E-state index contributed by atoms with van der Waals surface area (Å²) in [5, 5.41) is 12.6. The molecule has 0 saturated carbocycles. The highest BCUT2D eigenvalue weighted by Crippen LogP contribution is 2.36. The van der Waals surface area contributed by atoms with E-state index in [4.69, 9.17) is 0 Å². The number of ether oxygens (including phenoxy) is 1. The highest BCUT2D eigenvalue weighted by molar-refractivity contribution is 7.91. The summed E-state index contributed by atoms with van der Waals surface area (Å²) in [5.41, 5.74) is 1.33. The molecule has 238 valence electrons. The van der Waals surface area contributed by atoms with E-state index in [9.17, 15) is 40.3 Å². The second kappa shape index (κ2) is 14.0. The van der Waals surface area contributed by atoms with Gasteiger partial charge in [-0.2, -0.15) is 22.0 Å². The number of nitrogens with zero attached hydrogens (tertiary/aromatic N) is 1. The van der Waals surface area contributed by atoms with Crippen LogP contribution in [0.2, 0.25) is 0 Å². The highest BCUT2D eigenvalue weighted by Gasteiger charge is 2.33. The van der Waals surface area contributed by atoms with Crippen LogP contribution in [0.25, 0.3) is 0 Å². The second-order valence-electron chi connectivity index (χ2n) is 10.5. The molecule has 1 aliphatic rings. The molecule has 1 heterocycles. The molecule has 13 heteroatoms. The van der Waals surface area contributed by atoms with Crippen molar-refractivity contribution < 1.29 is 45.0 Å². The zero-order valence-corrected chi connectivity index (χ0v) is 24.6. The number of rotatable bonds is 11. The minimum absolute atomic E-state index is 0.0599. The van der Waals surface area contributed by atoms with Crippen molar-refractivity contribution in [3.8, 4) is 0 Å². The van der Waals surface area contributed by atoms with Gasteiger partial charge in [0.1, 0.15) is 0 Å². The van der Waals surface area contributed by atoms with Gasteiger partial charge in [-0.25, -0.2) is 8.42 Å². The maximum absolute atomic E-state index is 13.0. The normalized spacial score (nSPS) is 18.3. The number of carbonyl (C=O) groups is 1. The number of hydrogen-bond donors (Lipinski definition) is 2. The molecule has 1 saturated heterocycles. The zero-order valence-electron chi connectivity index (χ0n) is 23.8. The largest absolute Gasteiger partial charge is 0.416 e. The van der Waals surface area contributed by atoms with Gasteiger partial charge in [0.15, 0.2) is 9.84 Å². The van der Waals surface area contributed by atoms with Crippen molar-refractivity contribution in [2.45, 2.75) is 55.5 Å². The summed E-state index contributed by atoms with van der Waals surface area (Å²) < 4.78 is 93.6. The number of benzene rings is 3. The van der Waals surface area contributed by atoms with Crippen molar-refractivity contribution in [3.05, 3.63) is 95.1 Å². The average molecular weight is 641 g/mol. The molecule has 0 bridgehead atoms. The van der Waals surface area contributed by atoms with Crippen LogP contribution in [-0.4, -0.2) is 57.6 Å². The molecule has 3 atom stereocenters. The number of amides is 1. The monoisotopic (exact) mass is 640 g/mol. The fraction of sp³-hybridized carbons (Fsp3) is 0.387. The molecular formula is C31H33F5N2O5S. The van der Waals surface area contributed by atoms with Crippen LogP contribution >= 0.6 is 0 Å². The third-order valence-corrected chi connectivity index (χ3v) is 9.55. The molecule has 7 nitrogen and oxygen atoms in total. The number of halogens is 5. The van der Waals surface area contributed by atoms with E-state index in [1.165, 1.54) is 43.3 Å². The Morgan fingerprint density at radius 3 is 2.18 bits per heavy atom. The Hall–Kier alpha value is -3.55. The average Bonchev–Trinajstić information content (AvgIpc) is 3.02. The van der Waals surface area contributed by atoms with Crippen molar-refractivity contribution in [3.63, 3.8) is 0 Å². The summed E-state index contributed by atoms with van der Waals surface area (Å²) in [5.74, 6) is -0.720. The molecule has 0 radical (unpaired) electrons. The summed E-state index contributed by atoms with van der Waals surface area (Å²) >= 11 is 0. The number of aliphatic hydroxyl groups excluding tert-OH is 1. The number of alkyl halides is 5. The lowest BCUT2D eigenvalue weighted by atomic mass is 9.86. The Kier molecular flexibility index (Phi) is 10.6. The number of anilines is 1. The van der Waals surface area contributed by atoms with Crippen LogP contribution in [0.1, 0.15) is 58.8 Å². The lowest BCUT2D eigenvalue weighted by Crippen LogP contribution is -2.45. The van der Waals surface area contributed by atoms with E-state index in [0.717, 1.165) is 12.1 Å². The molecule has 0 aliphatic carbocycles. The quantitative estimate of drug-likeness (QED) is 0.252. The third-order valence-electron chi connectivity index (χ3n) is 7.80. The maximum Gasteiger partial charge on any atom is 0.416 e. The minimum atomic E-state index is -4.46. The highest BCUT2D eigenvalue weighted by atomic mass is 32.2. The molecular weight excluding hydrogens is 607 g/mol. The predicted octanol–water partition coefficient (Wildman–Crippen LogP) is 5.95. The van der Waals surface area contributed by atoms with E-state index in [1.54, 1.807) is 24.3 Å². The van der Waals surface area contributed by atoms with Gasteiger partial charge in [0.2, 0.25) is 0 Å². The summed E-state index contributed by atoms with van der Waals surface area (Å²) in [6, 6.07) is 16.0. The Morgan fingerprint density at radius 1 is 1.00 bits per heavy atom. The smallest absolute Gasteiger partial charge is 0.394 e. The molecule has 44 heavy (non-hydrogen) atoms. The number of aliphatic hydroxyl groups is 1. The molecule has 0 spiro atoms. The van der Waals surface area contributed by atoms with Gasteiger partial charge in [-0.05, 0) is 72.5 Å². The van der Waals surface area contributed by atoms with Crippen LogP contribution in [0.15, 0.2) is 77.7 Å². The van der Waals surface area contributed by atoms with Crippen LogP contribution in [-0.2, 0) is 20.8 Å². The fourth-order valence-electron chi connectivity index (χ4n) is 5.27. The molecule has 0 aromatic heterocycles. The first-order chi connectivity index (χ1) is 20.8. The second-order valence-corrected chi connectivity index (χ2v) is 12.8. The maximum atomic E-state index is 13.0. The van der Waals surface area contributed by atoms with Crippen LogP contribution in [0.4, 0.5) is 27.6 Å². The van der Waals surface area contributed by atoms with Gasteiger partial charge in [-0.1, -0.05) is 31.2 Å². The van der Waals surface area contributed by atoms with E-state index in [2.05, 4.69) is 10.1 Å². The summed E-state index contributed by atoms with van der Waals surface area (Å²) in [6.07, 6.45) is -3.44. The Labute approximate surface area is 252 Å². The first kappa shape index (κ1) is 33.3. The first-order valence-electron chi connectivity index (χ1n) is 14.0. The van der Waals surface area contributed by atoms with Crippen molar-refractivity contribution in [1.82, 2.24) is 5.32 Å². The zero-order chi connectivity index (χ0) is 32.1. The Bertz CT molecular complexity index is 1500. The van der Waals surface area contributed by atoms with Crippen LogP contribution in [0.5, 0.6) is 0 Å². The number of nitrogens with one attached hydrogen (secondary N) is 1. The summed E-state index contributed by atoms with van der Waals surface area (Å²) in [7, 11) is -3.41. The van der Waals surface area contributed by atoms with E-state index in [0.29, 0.717) is 36.2 Å². The van der Waals surface area contributed by atoms with Crippen molar-refractivity contribution in [2.75, 3.05) is 30.4 Å². The standard InChI is InChI=1S/C31H33F5N2O5S/c1-2-44(41,42)27-15-8-21(9-16-27)28(18-39)37-29(40)22-5-12-25(13-6-22)38-17-23(7-14-26(38)19-43-30(32)33)20-3-10-24(11-4-20)31(34,35)36/h3-6,8-13,15-16,23,26,28,30,39H,2,7,14,17-19H2,1H3,(H,37,40)/t23?,26-,28-/m0/s1. The van der Waals surface area contributed by atoms with Crippen LogP contribution in [0.3, 0.4) is 0 Å². The van der Waals surface area contributed by atoms with Crippen molar-refractivity contribution >= 4 is 21.4 Å². The van der Waals surface area contributed by atoms with Gasteiger partial charge in [0, 0.05) is 23.7 Å². The number of hydrogen-bond acceptors (Lipinski definition) is 6. The summed E-state index contributed by atoms with van der Waals surface area (Å²) in [6.45, 7) is -1.77. The van der Waals surface area contributed by atoms with Gasteiger partial charge in [0.25, 0.3) is 5.91 Å². The molecule has 3 aromatic carbocycles. The van der Waals surface area contributed by atoms with Crippen molar-refractivity contribution in [1.29, 1.82) is 0 Å². The van der Waals surface area contributed by atoms with E-state index in [1.807, 2.05) is 4.90 Å². The van der Waals surface area contributed by atoms with Crippen LogP contribution in [0, 0.1) is 0 Å². The first-order valence-corrected chi connectivity index (χ1v) is 15.7. The molecule has 1 aliphatic heterocycles. The molecule has 2 N–H and O–H groups in total. The van der Waals surface area contributed by atoms with E-state index >= 15 is 0 Å². The SMILES string of the molecule is CCS(=O)(=O)c1ccc([C@H](CO)NC(=O)c2ccc(N3CC(c4ccc(C(F)(F)F)cc4)CC[C@H]3COC(F)F)cc2)cc1. The third kappa shape index (κ3) is 8.13. The van der Waals surface area contributed by atoms with Gasteiger partial charge in [-0.15, -0.1) is 0 Å². The van der Waals surface area contributed by atoms with E-state index in [-0.39, 0.29) is 28.7 Å². The van der Waals surface area contributed by atoms with Gasteiger partial charge in [-0.3, -0.25) is 4.79 Å².